The second kappa shape index (κ2) is 4.04. The van der Waals surface area contributed by atoms with Gasteiger partial charge in [-0.15, -0.1) is 0 Å². The molecule has 86 valence electrons. The van der Waals surface area contributed by atoms with Crippen molar-refractivity contribution in [3.8, 4) is 0 Å². The first-order valence-electron chi connectivity index (χ1n) is 5.55. The average molecular weight is 235 g/mol. The molecule has 0 saturated heterocycles. The molecule has 0 radical (unpaired) electrons. The molecule has 0 saturated carbocycles. The number of pyridine rings is 1. The van der Waals surface area contributed by atoms with Crippen molar-refractivity contribution in [2.24, 2.45) is 0 Å². The summed E-state index contributed by atoms with van der Waals surface area (Å²) in [5, 5.41) is 1.80. The van der Waals surface area contributed by atoms with Gasteiger partial charge < -0.3 is 0 Å². The molecule has 0 bridgehead atoms. The van der Waals surface area contributed by atoms with E-state index in [4.69, 9.17) is 0 Å². The Morgan fingerprint density at radius 2 is 1.22 bits per heavy atom. The van der Waals surface area contributed by atoms with E-state index in [0.29, 0.717) is 11.1 Å². The summed E-state index contributed by atoms with van der Waals surface area (Å²) < 4.78 is 0. The number of benzene rings is 2. The lowest BCUT2D eigenvalue weighted by molar-refractivity contribution is 0.111. The number of aromatic nitrogens is 1. The van der Waals surface area contributed by atoms with E-state index in [9.17, 15) is 9.59 Å². The number of aldehydes is 2. The van der Waals surface area contributed by atoms with Gasteiger partial charge >= 0.3 is 0 Å². The van der Waals surface area contributed by atoms with Crippen LogP contribution in [0, 0.1) is 0 Å². The highest BCUT2D eigenvalue weighted by atomic mass is 16.1. The maximum atomic E-state index is 10.7. The van der Waals surface area contributed by atoms with Crippen LogP contribution in [0.3, 0.4) is 0 Å². The molecule has 0 atom stereocenters. The summed E-state index contributed by atoms with van der Waals surface area (Å²) in [4.78, 5) is 26.0. The highest BCUT2D eigenvalue weighted by molar-refractivity contribution is 5.96. The number of hydrogen-bond acceptors (Lipinski definition) is 3. The lowest BCUT2D eigenvalue weighted by atomic mass is 10.1. The largest absolute Gasteiger partial charge is 0.298 e. The number of rotatable bonds is 2. The van der Waals surface area contributed by atoms with Crippen molar-refractivity contribution >= 4 is 34.4 Å². The normalized spacial score (nSPS) is 10.7. The molecule has 18 heavy (non-hydrogen) atoms. The molecule has 0 aliphatic rings. The van der Waals surface area contributed by atoms with Gasteiger partial charge in [-0.25, -0.2) is 4.98 Å². The summed E-state index contributed by atoms with van der Waals surface area (Å²) in [6, 6.07) is 12.7. The van der Waals surface area contributed by atoms with Gasteiger partial charge in [0.1, 0.15) is 12.6 Å². The van der Waals surface area contributed by atoms with E-state index >= 15 is 0 Å². The van der Waals surface area contributed by atoms with Gasteiger partial charge in [-0.3, -0.25) is 9.59 Å². The summed E-state index contributed by atoms with van der Waals surface area (Å²) in [5.41, 5.74) is 2.92. The lowest BCUT2D eigenvalue weighted by Crippen LogP contribution is -1.87. The first kappa shape index (κ1) is 10.6. The second-order valence-corrected chi connectivity index (χ2v) is 4.13. The lowest BCUT2D eigenvalue weighted by Gasteiger charge is -2.02. The van der Waals surface area contributed by atoms with Gasteiger partial charge in [0.15, 0.2) is 0 Å². The van der Waals surface area contributed by atoms with E-state index in [1.54, 1.807) is 24.3 Å². The van der Waals surface area contributed by atoms with E-state index in [1.807, 2.05) is 18.2 Å². The van der Waals surface area contributed by atoms with Gasteiger partial charge in [0, 0.05) is 21.9 Å². The second-order valence-electron chi connectivity index (χ2n) is 4.13. The summed E-state index contributed by atoms with van der Waals surface area (Å²) >= 11 is 0. The van der Waals surface area contributed by atoms with Crippen LogP contribution in [0.5, 0.6) is 0 Å². The smallest absolute Gasteiger partial charge is 0.150 e. The Bertz CT molecular complexity index is 715. The molecular formula is C15H9NO2. The molecule has 0 aliphatic carbocycles. The molecule has 1 aromatic heterocycles. The zero-order valence-electron chi connectivity index (χ0n) is 9.46. The van der Waals surface area contributed by atoms with Crippen LogP contribution in [0.15, 0.2) is 42.5 Å². The average Bonchev–Trinajstić information content (AvgIpc) is 2.43. The highest BCUT2D eigenvalue weighted by Crippen LogP contribution is 2.21. The quantitative estimate of drug-likeness (QED) is 0.506. The maximum absolute atomic E-state index is 10.7. The fraction of sp³-hybridized carbons (Fsp3) is 0. The zero-order chi connectivity index (χ0) is 12.5. The zero-order valence-corrected chi connectivity index (χ0v) is 9.46. The van der Waals surface area contributed by atoms with Crippen molar-refractivity contribution in [1.82, 2.24) is 4.98 Å². The summed E-state index contributed by atoms with van der Waals surface area (Å²) in [6.45, 7) is 0. The van der Waals surface area contributed by atoms with Crippen LogP contribution >= 0.6 is 0 Å². The number of carbonyl (C=O) groups excluding carboxylic acids is 2. The topological polar surface area (TPSA) is 47.0 Å². The van der Waals surface area contributed by atoms with E-state index in [0.717, 1.165) is 34.4 Å². The van der Waals surface area contributed by atoms with Gasteiger partial charge in [-0.05, 0) is 42.5 Å². The van der Waals surface area contributed by atoms with Crippen LogP contribution in [0.25, 0.3) is 21.8 Å². The Hall–Kier alpha value is -2.55. The third-order valence-electron chi connectivity index (χ3n) is 2.93. The maximum Gasteiger partial charge on any atom is 0.150 e. The fourth-order valence-electron chi connectivity index (χ4n) is 2.02. The summed E-state index contributed by atoms with van der Waals surface area (Å²) in [7, 11) is 0. The van der Waals surface area contributed by atoms with Crippen molar-refractivity contribution in [1.29, 1.82) is 0 Å². The Morgan fingerprint density at radius 3 is 1.67 bits per heavy atom. The molecule has 0 unspecified atom stereocenters. The van der Waals surface area contributed by atoms with Crippen molar-refractivity contribution in [3.63, 3.8) is 0 Å². The van der Waals surface area contributed by atoms with Crippen LogP contribution < -0.4 is 0 Å². The third kappa shape index (κ3) is 1.66. The monoisotopic (exact) mass is 235 g/mol. The summed E-state index contributed by atoms with van der Waals surface area (Å²) in [5.74, 6) is 0. The van der Waals surface area contributed by atoms with Gasteiger partial charge in [0.05, 0.1) is 11.0 Å². The van der Waals surface area contributed by atoms with Crippen molar-refractivity contribution in [2.45, 2.75) is 0 Å². The Labute approximate surface area is 103 Å². The first-order chi connectivity index (χ1) is 8.80. The van der Waals surface area contributed by atoms with Crippen LogP contribution in [0.2, 0.25) is 0 Å². The Kier molecular flexibility index (Phi) is 2.38. The Balaban J connectivity index is 2.36. The molecule has 0 spiro atoms. The molecule has 2 aromatic carbocycles. The minimum absolute atomic E-state index is 0.621. The molecule has 0 N–H and O–H groups in total. The van der Waals surface area contributed by atoms with Crippen LogP contribution in [0.1, 0.15) is 20.7 Å². The number of fused-ring (bicyclic) bond motifs is 2. The van der Waals surface area contributed by atoms with Crippen molar-refractivity contribution < 1.29 is 9.59 Å². The number of nitrogens with zero attached hydrogens (tertiary/aromatic N) is 1. The highest BCUT2D eigenvalue weighted by Gasteiger charge is 2.02. The third-order valence-corrected chi connectivity index (χ3v) is 2.93. The van der Waals surface area contributed by atoms with Gasteiger partial charge in [0.25, 0.3) is 0 Å². The molecule has 0 fully saturated rings. The van der Waals surface area contributed by atoms with Crippen LogP contribution in [-0.2, 0) is 0 Å². The minimum Gasteiger partial charge on any atom is -0.298 e. The molecular weight excluding hydrogens is 226 g/mol. The molecule has 0 aliphatic heterocycles. The van der Waals surface area contributed by atoms with Gasteiger partial charge in [0.2, 0.25) is 0 Å². The number of hydrogen-bond donors (Lipinski definition) is 0. The van der Waals surface area contributed by atoms with E-state index in [1.165, 1.54) is 0 Å². The molecule has 3 heteroatoms. The Morgan fingerprint density at radius 1 is 0.722 bits per heavy atom. The molecule has 3 nitrogen and oxygen atoms in total. The molecule has 3 rings (SSSR count). The van der Waals surface area contributed by atoms with Gasteiger partial charge in [-0.2, -0.15) is 0 Å². The molecule has 1 heterocycles. The molecule has 0 amide bonds. The standard InChI is InChI=1S/C15H9NO2/c17-8-10-1-3-14-12(5-10)7-13-6-11(9-18)2-4-15(13)16-14/h1-9H. The van der Waals surface area contributed by atoms with E-state index < -0.39 is 0 Å². The fourth-order valence-corrected chi connectivity index (χ4v) is 2.02. The summed E-state index contributed by atoms with van der Waals surface area (Å²) in [6.07, 6.45) is 1.62. The predicted molar refractivity (Wildman–Crippen MR) is 70.0 cm³/mol. The van der Waals surface area contributed by atoms with E-state index in [-0.39, 0.29) is 0 Å². The van der Waals surface area contributed by atoms with Crippen LogP contribution in [0.4, 0.5) is 0 Å². The minimum atomic E-state index is 0.621. The van der Waals surface area contributed by atoms with Crippen LogP contribution in [-0.4, -0.2) is 17.6 Å². The van der Waals surface area contributed by atoms with E-state index in [2.05, 4.69) is 4.98 Å². The predicted octanol–water partition coefficient (Wildman–Crippen LogP) is 3.01. The molecule has 3 aromatic rings. The first-order valence-corrected chi connectivity index (χ1v) is 5.55. The van der Waals surface area contributed by atoms with Gasteiger partial charge in [-0.1, -0.05) is 0 Å². The van der Waals surface area contributed by atoms with Crippen molar-refractivity contribution in [2.75, 3.05) is 0 Å². The number of carbonyl (C=O) groups is 2. The van der Waals surface area contributed by atoms with Crippen molar-refractivity contribution in [3.05, 3.63) is 53.6 Å². The SMILES string of the molecule is O=Cc1ccc2nc3ccc(C=O)cc3cc2c1.